The predicted octanol–water partition coefficient (Wildman–Crippen LogP) is 13.2. The van der Waals surface area contributed by atoms with Gasteiger partial charge >= 0.3 is 11.9 Å². The van der Waals surface area contributed by atoms with Crippen molar-refractivity contribution >= 4 is 11.9 Å². The number of nitrogens with two attached hydrogens (primary N) is 1. The second-order valence-electron chi connectivity index (χ2n) is 18.4. The number of rotatable bonds is 54. The third-order valence-corrected chi connectivity index (χ3v) is 12.4. The molecule has 0 bridgehead atoms. The molecule has 0 saturated carbocycles. The van der Waals surface area contributed by atoms with Gasteiger partial charge in [-0.2, -0.15) is 0 Å². The summed E-state index contributed by atoms with van der Waals surface area (Å²) >= 11 is 0. The van der Waals surface area contributed by atoms with Crippen molar-refractivity contribution < 1.29 is 38.0 Å². The second-order valence-corrected chi connectivity index (χ2v) is 18.4. The summed E-state index contributed by atoms with van der Waals surface area (Å²) in [6.45, 7) is 18.2. The number of carbonyl (C=O) groups excluding carboxylic acids is 2. The van der Waals surface area contributed by atoms with Crippen LogP contribution in [-0.4, -0.2) is 109 Å². The average molecular weight is 913 g/mol. The predicted molar refractivity (Wildman–Crippen MR) is 268 cm³/mol. The lowest BCUT2D eigenvalue weighted by Gasteiger charge is -2.22. The molecule has 0 aromatic heterocycles. The zero-order chi connectivity index (χ0) is 46.7. The molecule has 10 nitrogen and oxygen atoms in total. The van der Waals surface area contributed by atoms with Crippen molar-refractivity contribution in [3.63, 3.8) is 0 Å². The van der Waals surface area contributed by atoms with Crippen LogP contribution in [0.3, 0.4) is 0 Å². The Morgan fingerprint density at radius 1 is 0.344 bits per heavy atom. The van der Waals surface area contributed by atoms with E-state index in [1.165, 1.54) is 103 Å². The molecule has 0 aliphatic carbocycles. The summed E-state index contributed by atoms with van der Waals surface area (Å²) in [5, 5.41) is 0. The molecular formula is C54H108N2O8. The molecule has 0 spiro atoms. The molecule has 0 amide bonds. The molecule has 2 N–H and O–H groups in total. The summed E-state index contributed by atoms with van der Waals surface area (Å²) in [4.78, 5) is 28.7. The van der Waals surface area contributed by atoms with Crippen LogP contribution >= 0.6 is 0 Å². The molecule has 382 valence electrons. The minimum atomic E-state index is 0.0442. The quantitative estimate of drug-likeness (QED) is 0.0467. The lowest BCUT2D eigenvalue weighted by molar-refractivity contribution is -0.150. The number of hydrogen-bond donors (Lipinski definition) is 1. The van der Waals surface area contributed by atoms with Gasteiger partial charge in [0.15, 0.2) is 0 Å². The highest BCUT2D eigenvalue weighted by molar-refractivity contribution is 5.72. The summed E-state index contributed by atoms with van der Waals surface area (Å²) in [5.41, 5.74) is 5.43. The fourth-order valence-electron chi connectivity index (χ4n) is 8.27. The Morgan fingerprint density at radius 2 is 0.641 bits per heavy atom. The van der Waals surface area contributed by atoms with Crippen LogP contribution in [0.2, 0.25) is 0 Å². The van der Waals surface area contributed by atoms with Crippen LogP contribution in [0.5, 0.6) is 0 Å². The highest BCUT2D eigenvalue weighted by Crippen LogP contribution is 2.22. The maximum atomic E-state index is 13.1. The van der Waals surface area contributed by atoms with Crippen LogP contribution in [0.1, 0.15) is 233 Å². The molecule has 2 unspecified atom stereocenters. The van der Waals surface area contributed by atoms with E-state index in [1.54, 1.807) is 0 Å². The topological polar surface area (TPSA) is 119 Å². The standard InChI is InChI=1S/C54H108N2O8/c1-5-9-13-17-19-27-35-51(33-25-15-11-7-3)53(57)63-41-31-23-21-29-38-56(40-44-60-46-48-62-50-49-61-47-45-59-43-37-55)39-30-22-24-32-42-64-54(58)52(34-26-16-12-8-4)36-28-20-18-14-10-6-2/h51-52H,5-50,55H2,1-4H3. The molecule has 0 aromatic carbocycles. The Kier molecular flexibility index (Phi) is 51.6. The minimum absolute atomic E-state index is 0.0442. The molecule has 0 fully saturated rings. The van der Waals surface area contributed by atoms with Crippen molar-refractivity contribution in [2.45, 2.75) is 233 Å². The molecule has 0 heterocycles. The number of ether oxygens (including phenoxy) is 6. The van der Waals surface area contributed by atoms with Crippen molar-refractivity contribution in [1.82, 2.24) is 4.90 Å². The van der Waals surface area contributed by atoms with Gasteiger partial charge in [-0.1, -0.05) is 182 Å². The number of unbranched alkanes of at least 4 members (excludes halogenated alkanes) is 22. The van der Waals surface area contributed by atoms with Gasteiger partial charge in [0, 0.05) is 13.1 Å². The molecule has 0 aliphatic rings. The Bertz CT molecular complexity index is 885. The fourth-order valence-corrected chi connectivity index (χ4v) is 8.27. The zero-order valence-electron chi connectivity index (χ0n) is 43.0. The molecule has 64 heavy (non-hydrogen) atoms. The SMILES string of the molecule is CCCCCCCCC(CCCCCC)C(=O)OCCCCCCN(CCCCCCOC(=O)C(CCCCCC)CCCCCCCC)CCOCCOCCOCCOCCN. The van der Waals surface area contributed by atoms with Crippen LogP contribution in [0.25, 0.3) is 0 Å². The maximum absolute atomic E-state index is 13.1. The van der Waals surface area contributed by atoms with Crippen molar-refractivity contribution in [2.75, 3.05) is 92.2 Å². The van der Waals surface area contributed by atoms with E-state index in [0.29, 0.717) is 72.6 Å². The van der Waals surface area contributed by atoms with Gasteiger partial charge in [-0.3, -0.25) is 9.59 Å². The molecule has 10 heteroatoms. The van der Waals surface area contributed by atoms with E-state index in [0.717, 1.165) is 122 Å². The van der Waals surface area contributed by atoms with Crippen molar-refractivity contribution in [3.05, 3.63) is 0 Å². The second kappa shape index (κ2) is 52.7. The van der Waals surface area contributed by atoms with Crippen molar-refractivity contribution in [2.24, 2.45) is 17.6 Å². The highest BCUT2D eigenvalue weighted by Gasteiger charge is 2.20. The van der Waals surface area contributed by atoms with E-state index in [-0.39, 0.29) is 23.8 Å². The first-order chi connectivity index (χ1) is 31.5. The summed E-state index contributed by atoms with van der Waals surface area (Å²) in [6.07, 6.45) is 37.2. The number of nitrogens with zero attached hydrogens (tertiary/aromatic N) is 1. The van der Waals surface area contributed by atoms with E-state index in [4.69, 9.17) is 34.2 Å². The average Bonchev–Trinajstić information content (AvgIpc) is 3.30. The summed E-state index contributed by atoms with van der Waals surface area (Å²) in [6, 6.07) is 0. The maximum Gasteiger partial charge on any atom is 0.308 e. The van der Waals surface area contributed by atoms with Gasteiger partial charge in [0.25, 0.3) is 0 Å². The fraction of sp³-hybridized carbons (Fsp3) is 0.963. The Morgan fingerprint density at radius 3 is 1.02 bits per heavy atom. The van der Waals surface area contributed by atoms with E-state index in [2.05, 4.69) is 32.6 Å². The molecule has 0 aliphatic heterocycles. The monoisotopic (exact) mass is 913 g/mol. The lowest BCUT2D eigenvalue weighted by atomic mass is 9.94. The van der Waals surface area contributed by atoms with Gasteiger partial charge in [-0.05, 0) is 64.5 Å². The Hall–Kier alpha value is -1.30. The third-order valence-electron chi connectivity index (χ3n) is 12.4. The summed E-state index contributed by atoms with van der Waals surface area (Å²) in [5.74, 6) is 0.234. The number of carbonyl (C=O) groups is 2. The molecule has 0 radical (unpaired) electrons. The van der Waals surface area contributed by atoms with Crippen LogP contribution < -0.4 is 5.73 Å². The Balaban J connectivity index is 4.70. The van der Waals surface area contributed by atoms with Gasteiger partial charge < -0.3 is 39.1 Å². The van der Waals surface area contributed by atoms with Crippen LogP contribution in [-0.2, 0) is 38.0 Å². The van der Waals surface area contributed by atoms with E-state index in [9.17, 15) is 9.59 Å². The van der Waals surface area contributed by atoms with E-state index >= 15 is 0 Å². The molecule has 2 atom stereocenters. The van der Waals surface area contributed by atoms with E-state index in [1.807, 2.05) is 0 Å². The van der Waals surface area contributed by atoms with Gasteiger partial charge in [0.05, 0.1) is 77.9 Å². The first-order valence-corrected chi connectivity index (χ1v) is 27.6. The van der Waals surface area contributed by atoms with Crippen LogP contribution in [0, 0.1) is 11.8 Å². The van der Waals surface area contributed by atoms with Crippen LogP contribution in [0.4, 0.5) is 0 Å². The molecule has 0 aromatic rings. The van der Waals surface area contributed by atoms with Crippen LogP contribution in [0.15, 0.2) is 0 Å². The number of esters is 2. The minimum Gasteiger partial charge on any atom is -0.465 e. The van der Waals surface area contributed by atoms with Gasteiger partial charge in [0.1, 0.15) is 0 Å². The summed E-state index contributed by atoms with van der Waals surface area (Å²) in [7, 11) is 0. The summed E-state index contributed by atoms with van der Waals surface area (Å²) < 4.78 is 34.2. The van der Waals surface area contributed by atoms with Crippen molar-refractivity contribution in [3.8, 4) is 0 Å². The zero-order valence-corrected chi connectivity index (χ0v) is 43.0. The van der Waals surface area contributed by atoms with Gasteiger partial charge in [-0.25, -0.2) is 0 Å². The normalized spacial score (nSPS) is 12.6. The molecule has 0 rings (SSSR count). The first-order valence-electron chi connectivity index (χ1n) is 27.6. The van der Waals surface area contributed by atoms with Crippen molar-refractivity contribution in [1.29, 1.82) is 0 Å². The first kappa shape index (κ1) is 62.7. The Labute approximate surface area is 396 Å². The number of hydrogen-bond acceptors (Lipinski definition) is 10. The smallest absolute Gasteiger partial charge is 0.308 e. The van der Waals surface area contributed by atoms with Gasteiger partial charge in [-0.15, -0.1) is 0 Å². The third kappa shape index (κ3) is 44.5. The highest BCUT2D eigenvalue weighted by atomic mass is 16.6. The van der Waals surface area contributed by atoms with E-state index < -0.39 is 0 Å². The lowest BCUT2D eigenvalue weighted by Crippen LogP contribution is -2.30. The molecular weight excluding hydrogens is 805 g/mol. The molecule has 0 saturated heterocycles. The van der Waals surface area contributed by atoms with Gasteiger partial charge in [0.2, 0.25) is 0 Å². The largest absolute Gasteiger partial charge is 0.465 e.